The van der Waals surface area contributed by atoms with E-state index in [-0.39, 0.29) is 47.6 Å². The van der Waals surface area contributed by atoms with Crippen LogP contribution in [0.15, 0.2) is 0 Å². The first-order valence-electron chi connectivity index (χ1n) is 3.87. The zero-order chi connectivity index (χ0) is 10.6. The molecular formula is C10H31N2O2Y-. The maximum Gasteiger partial charge on any atom is 0.0656 e. The van der Waals surface area contributed by atoms with Crippen LogP contribution in [0.25, 0.3) is 0 Å². The molecule has 0 aromatic rings. The predicted molar refractivity (Wildman–Crippen MR) is 65.3 cm³/mol. The van der Waals surface area contributed by atoms with Crippen LogP contribution < -0.4 is 0 Å². The van der Waals surface area contributed by atoms with E-state index in [2.05, 4.69) is 6.92 Å². The molecule has 0 aliphatic carbocycles. The molecule has 15 heavy (non-hydrogen) atoms. The molecule has 5 heteroatoms. The first kappa shape index (κ1) is 36.0. The number of rotatable bonds is 2. The Morgan fingerprint density at radius 3 is 1.27 bits per heavy atom. The topological polar surface area (TPSA) is 35.9 Å². The summed E-state index contributed by atoms with van der Waals surface area (Å²) in [5, 5.41) is 10.6. The molecule has 0 aliphatic heterocycles. The fourth-order valence-electron chi connectivity index (χ4n) is 0.258. The Balaban J connectivity index is -0.0000000204. The number of hydrogen-bond acceptors (Lipinski definition) is 4. The van der Waals surface area contributed by atoms with Crippen LogP contribution in [0.1, 0.15) is 28.7 Å². The first-order valence-corrected chi connectivity index (χ1v) is 3.87. The Morgan fingerprint density at radius 1 is 1.07 bits per heavy atom. The molecule has 0 bridgehead atoms. The summed E-state index contributed by atoms with van der Waals surface area (Å²) >= 11 is 0. The molecule has 0 saturated carbocycles. The summed E-state index contributed by atoms with van der Waals surface area (Å²) < 4.78 is 0. The van der Waals surface area contributed by atoms with Crippen molar-refractivity contribution >= 4 is 0 Å². The largest absolute Gasteiger partial charge is 0.346 e. The summed E-state index contributed by atoms with van der Waals surface area (Å²) in [5.41, 5.74) is 0. The average Bonchev–Trinajstić information content (AvgIpc) is 1.90. The molecule has 1 radical (unpaired) electrons. The normalized spacial score (nSPS) is 6.80. The van der Waals surface area contributed by atoms with Crippen LogP contribution in [-0.2, 0) is 37.5 Å². The Kier molecular flexibility index (Phi) is 87.2. The van der Waals surface area contributed by atoms with E-state index in [0.29, 0.717) is 0 Å². The van der Waals surface area contributed by atoms with Gasteiger partial charge in [-0.3, -0.25) is 4.84 Å². The van der Waals surface area contributed by atoms with E-state index < -0.39 is 0 Å². The third kappa shape index (κ3) is 161. The fourth-order valence-corrected chi connectivity index (χ4v) is 0.258. The average molecular weight is 300 g/mol. The van der Waals surface area contributed by atoms with Crippen molar-refractivity contribution in [2.75, 3.05) is 34.8 Å². The molecule has 0 spiro atoms. The van der Waals surface area contributed by atoms with Crippen molar-refractivity contribution in [1.82, 2.24) is 10.1 Å². The van der Waals surface area contributed by atoms with Gasteiger partial charge in [0, 0.05) is 60.9 Å². The number of hydroxylamine groups is 4. The number of hydrogen-bond donors (Lipinski definition) is 1. The minimum absolute atomic E-state index is 0. The van der Waals surface area contributed by atoms with Crippen molar-refractivity contribution in [2.45, 2.75) is 28.7 Å². The van der Waals surface area contributed by atoms with Crippen LogP contribution in [0.4, 0.5) is 0 Å². The zero-order valence-corrected chi connectivity index (χ0v) is 12.6. The van der Waals surface area contributed by atoms with Crippen LogP contribution in [0.5, 0.6) is 0 Å². The molecule has 0 atom stereocenters. The summed E-state index contributed by atoms with van der Waals surface area (Å²) in [7, 11) is 6.84. The quantitative estimate of drug-likeness (QED) is 0.628. The van der Waals surface area contributed by atoms with Crippen molar-refractivity contribution in [3.05, 3.63) is 6.92 Å². The molecule has 0 aliphatic rings. The summed E-state index contributed by atoms with van der Waals surface area (Å²) in [5.74, 6) is 0. The van der Waals surface area contributed by atoms with Gasteiger partial charge >= 0.3 is 0 Å². The maximum absolute atomic E-state index is 7.89. The molecule has 0 amide bonds. The van der Waals surface area contributed by atoms with Gasteiger partial charge in [0.2, 0.25) is 0 Å². The molecule has 4 nitrogen and oxygen atoms in total. The summed E-state index contributed by atoms with van der Waals surface area (Å²) in [6.07, 6.45) is 0. The molecular weight excluding hydrogens is 269 g/mol. The second-order valence-electron chi connectivity index (χ2n) is 2.08. The maximum atomic E-state index is 7.89. The minimum Gasteiger partial charge on any atom is -0.346 e. The Bertz CT molecular complexity index is 62.6. The van der Waals surface area contributed by atoms with Crippen molar-refractivity contribution in [1.29, 1.82) is 0 Å². The summed E-state index contributed by atoms with van der Waals surface area (Å²) in [6, 6.07) is 0. The van der Waals surface area contributed by atoms with E-state index in [1.807, 2.05) is 21.0 Å². The zero-order valence-electron chi connectivity index (χ0n) is 9.74. The molecule has 0 aromatic carbocycles. The van der Waals surface area contributed by atoms with Crippen LogP contribution in [-0.4, -0.2) is 50.1 Å². The van der Waals surface area contributed by atoms with Crippen molar-refractivity contribution in [3.8, 4) is 0 Å². The van der Waals surface area contributed by atoms with Gasteiger partial charge in [-0.05, 0) is 6.92 Å². The molecule has 0 saturated heterocycles. The molecule has 1 N–H and O–H groups in total. The molecule has 0 heterocycles. The molecule has 97 valence electrons. The van der Waals surface area contributed by atoms with Gasteiger partial charge in [0.1, 0.15) is 0 Å². The van der Waals surface area contributed by atoms with Gasteiger partial charge in [0.05, 0.1) is 6.61 Å². The van der Waals surface area contributed by atoms with Gasteiger partial charge in [0.25, 0.3) is 0 Å². The molecule has 0 unspecified atom stereocenters. The van der Waals surface area contributed by atoms with Crippen LogP contribution in [0, 0.1) is 6.92 Å². The van der Waals surface area contributed by atoms with Gasteiger partial charge in [-0.1, -0.05) is 14.9 Å². The minimum atomic E-state index is 0. The second kappa shape index (κ2) is 36.3. The monoisotopic (exact) mass is 300 g/mol. The third-order valence-electron chi connectivity index (χ3n) is 0.387. The van der Waals surface area contributed by atoms with E-state index in [9.17, 15) is 0 Å². The fraction of sp³-hybridized carbons (Fsp3) is 0.900. The predicted octanol–water partition coefficient (Wildman–Crippen LogP) is 2.55. The van der Waals surface area contributed by atoms with Gasteiger partial charge in [-0.25, -0.2) is 0 Å². The van der Waals surface area contributed by atoms with Crippen LogP contribution in [0.2, 0.25) is 0 Å². The van der Waals surface area contributed by atoms with Gasteiger partial charge in [-0.15, -0.1) is 0 Å². The van der Waals surface area contributed by atoms with E-state index in [1.54, 1.807) is 26.1 Å². The number of nitrogens with zero attached hydrogens (tertiary/aromatic N) is 2. The van der Waals surface area contributed by atoms with Gasteiger partial charge in [-0.2, -0.15) is 17.1 Å². The molecule has 0 aromatic heterocycles. The van der Waals surface area contributed by atoms with Crippen molar-refractivity contribution < 1.29 is 42.8 Å². The van der Waals surface area contributed by atoms with E-state index in [4.69, 9.17) is 10.0 Å². The van der Waals surface area contributed by atoms with Gasteiger partial charge in [0.15, 0.2) is 0 Å². The molecule has 0 rings (SSSR count). The van der Waals surface area contributed by atoms with Crippen LogP contribution in [0.3, 0.4) is 0 Å². The standard InChI is InChI=1S/C4H11NO.C2H7NO.C2H5.2CH4.Y/c1-4-6-5(2)3;1-3(2)4;1-2;;;/h4H2,1-3H3;4H,1-2H3;1H2,2H3;2*1H4;/q;;-1;;;. The first-order chi connectivity index (χ1) is 5.50. The van der Waals surface area contributed by atoms with Crippen molar-refractivity contribution in [3.63, 3.8) is 0 Å². The van der Waals surface area contributed by atoms with Crippen LogP contribution >= 0.6 is 0 Å². The summed E-state index contributed by atoms with van der Waals surface area (Å²) in [6.45, 7) is 7.72. The van der Waals surface area contributed by atoms with E-state index in [0.717, 1.165) is 11.7 Å². The van der Waals surface area contributed by atoms with E-state index in [1.165, 1.54) is 0 Å². The van der Waals surface area contributed by atoms with Gasteiger partial charge < -0.3 is 12.1 Å². The summed E-state index contributed by atoms with van der Waals surface area (Å²) in [4.78, 5) is 4.88. The Hall–Kier alpha value is 0.944. The third-order valence-corrected chi connectivity index (χ3v) is 0.387. The SMILES string of the molecule is C.C.CCON(C)C.CN(C)O.[CH2-]C.[Y]. The molecule has 0 fully saturated rings. The smallest absolute Gasteiger partial charge is 0.0656 e. The van der Waals surface area contributed by atoms with E-state index >= 15 is 0 Å². The second-order valence-corrected chi connectivity index (χ2v) is 2.08. The van der Waals surface area contributed by atoms with Crippen molar-refractivity contribution in [2.24, 2.45) is 0 Å². The Morgan fingerprint density at radius 2 is 1.27 bits per heavy atom. The Labute approximate surface area is 123 Å².